The molecule has 3 rings (SSSR count). The number of amides is 1. The van der Waals surface area contributed by atoms with Gasteiger partial charge in [0.25, 0.3) is 5.69 Å². The van der Waals surface area contributed by atoms with Gasteiger partial charge in [-0.1, -0.05) is 41.6 Å². The van der Waals surface area contributed by atoms with E-state index in [-0.39, 0.29) is 17.3 Å². The second kappa shape index (κ2) is 9.02. The van der Waals surface area contributed by atoms with E-state index in [1.165, 1.54) is 17.8 Å². The fraction of sp³-hybridized carbons (Fsp3) is 0.150. The number of hydrogen-bond acceptors (Lipinski definition) is 6. The van der Waals surface area contributed by atoms with E-state index in [1.54, 1.807) is 31.2 Å². The number of hydrogen-bond donors (Lipinski definition) is 1. The predicted molar refractivity (Wildman–Crippen MR) is 114 cm³/mol. The highest BCUT2D eigenvalue weighted by molar-refractivity contribution is 7.99. The highest BCUT2D eigenvalue weighted by atomic mass is 35.5. The first kappa shape index (κ1) is 20.8. The van der Waals surface area contributed by atoms with E-state index >= 15 is 0 Å². The summed E-state index contributed by atoms with van der Waals surface area (Å²) in [6, 6.07) is 13.8. The summed E-state index contributed by atoms with van der Waals surface area (Å²) in [5.74, 6) is -0.225. The van der Waals surface area contributed by atoms with Crippen molar-refractivity contribution in [2.24, 2.45) is 0 Å². The summed E-state index contributed by atoms with van der Waals surface area (Å²) in [6.45, 7) is 3.50. The molecule has 1 N–H and O–H groups in total. The number of halogens is 1. The van der Waals surface area contributed by atoms with Crippen LogP contribution in [0.4, 0.5) is 11.4 Å². The zero-order chi connectivity index (χ0) is 21.0. The van der Waals surface area contributed by atoms with Crippen LogP contribution in [0.25, 0.3) is 11.3 Å². The van der Waals surface area contributed by atoms with Crippen molar-refractivity contribution in [3.8, 4) is 11.3 Å². The second-order valence-electron chi connectivity index (χ2n) is 6.28. The fourth-order valence-corrected chi connectivity index (χ4v) is 3.42. The molecule has 0 saturated heterocycles. The maximum Gasteiger partial charge on any atom is 0.274 e. The van der Waals surface area contributed by atoms with Gasteiger partial charge in [-0.3, -0.25) is 14.9 Å². The smallest absolute Gasteiger partial charge is 0.274 e. The first-order valence-corrected chi connectivity index (χ1v) is 9.97. The molecule has 0 saturated carbocycles. The molecule has 0 atom stereocenters. The molecule has 3 aromatic rings. The molecule has 0 aliphatic rings. The monoisotopic (exact) mass is 428 g/mol. The van der Waals surface area contributed by atoms with Gasteiger partial charge in [0.2, 0.25) is 5.91 Å². The zero-order valence-electron chi connectivity index (χ0n) is 15.7. The van der Waals surface area contributed by atoms with Crippen LogP contribution in [-0.4, -0.2) is 26.6 Å². The molecule has 9 heteroatoms. The maximum atomic E-state index is 12.3. The Morgan fingerprint density at radius 3 is 2.55 bits per heavy atom. The number of aryl methyl sites for hydroxylation is 2. The van der Waals surface area contributed by atoms with Crippen molar-refractivity contribution in [1.82, 2.24) is 9.97 Å². The number of nitrogens with one attached hydrogen (secondary N) is 1. The predicted octanol–water partition coefficient (Wildman–Crippen LogP) is 5.05. The molecule has 1 heterocycles. The molecule has 0 unspecified atom stereocenters. The number of rotatable bonds is 6. The minimum absolute atomic E-state index is 0.0370. The third-order valence-corrected chi connectivity index (χ3v) is 5.09. The van der Waals surface area contributed by atoms with Gasteiger partial charge in [-0.25, -0.2) is 9.97 Å². The number of carbonyl (C=O) groups excluding carboxylic acids is 1. The molecule has 2 aromatic carbocycles. The van der Waals surface area contributed by atoms with Crippen LogP contribution in [0.5, 0.6) is 0 Å². The lowest BCUT2D eigenvalue weighted by Crippen LogP contribution is -2.14. The SMILES string of the molecule is Cc1cc(-c2ccc(Cl)cc2)nc(SCC(=O)Nc2ccc(C)c([N+](=O)[O-])c2)n1. The van der Waals surface area contributed by atoms with E-state index in [2.05, 4.69) is 15.3 Å². The van der Waals surface area contributed by atoms with E-state index in [0.29, 0.717) is 21.4 Å². The number of anilines is 1. The normalized spacial score (nSPS) is 10.6. The topological polar surface area (TPSA) is 98.0 Å². The molecule has 148 valence electrons. The number of nitro groups is 1. The Morgan fingerprint density at radius 1 is 1.14 bits per heavy atom. The molecular formula is C20H17ClN4O3S. The Hall–Kier alpha value is -2.97. The molecule has 29 heavy (non-hydrogen) atoms. The largest absolute Gasteiger partial charge is 0.325 e. The van der Waals surface area contributed by atoms with Crippen LogP contribution in [0.1, 0.15) is 11.3 Å². The Bertz CT molecular complexity index is 1070. The van der Waals surface area contributed by atoms with Crippen LogP contribution in [0, 0.1) is 24.0 Å². The van der Waals surface area contributed by atoms with Gasteiger partial charge in [0.1, 0.15) is 0 Å². The molecule has 0 aliphatic carbocycles. The van der Waals surface area contributed by atoms with Crippen molar-refractivity contribution < 1.29 is 9.72 Å². The van der Waals surface area contributed by atoms with Gasteiger partial charge in [-0.05, 0) is 38.1 Å². The van der Waals surface area contributed by atoms with E-state index in [0.717, 1.165) is 17.0 Å². The van der Waals surface area contributed by atoms with Crippen molar-refractivity contribution in [3.63, 3.8) is 0 Å². The lowest BCUT2D eigenvalue weighted by molar-refractivity contribution is -0.385. The van der Waals surface area contributed by atoms with Crippen molar-refractivity contribution in [1.29, 1.82) is 0 Å². The van der Waals surface area contributed by atoms with Crippen LogP contribution in [0.3, 0.4) is 0 Å². The summed E-state index contributed by atoms with van der Waals surface area (Å²) in [5, 5.41) is 14.8. The average Bonchev–Trinajstić information content (AvgIpc) is 2.68. The van der Waals surface area contributed by atoms with Crippen LogP contribution in [0.15, 0.2) is 53.7 Å². The zero-order valence-corrected chi connectivity index (χ0v) is 17.3. The Kier molecular flexibility index (Phi) is 6.46. The van der Waals surface area contributed by atoms with Gasteiger partial charge in [-0.15, -0.1) is 0 Å². The minimum atomic E-state index is -0.474. The van der Waals surface area contributed by atoms with Gasteiger partial charge >= 0.3 is 0 Å². The molecule has 1 amide bonds. The van der Waals surface area contributed by atoms with Crippen LogP contribution in [0.2, 0.25) is 5.02 Å². The van der Waals surface area contributed by atoms with Gasteiger partial charge in [0, 0.05) is 33.6 Å². The standard InChI is InChI=1S/C20H17ClN4O3S/c1-12-3-8-16(10-18(12)25(27)28)23-19(26)11-29-20-22-13(2)9-17(24-20)14-4-6-15(21)7-5-14/h3-10H,11H2,1-2H3,(H,23,26). The number of benzene rings is 2. The van der Waals surface area contributed by atoms with E-state index < -0.39 is 4.92 Å². The maximum absolute atomic E-state index is 12.3. The van der Waals surface area contributed by atoms with Gasteiger partial charge in [-0.2, -0.15) is 0 Å². The van der Waals surface area contributed by atoms with E-state index in [9.17, 15) is 14.9 Å². The molecule has 0 spiro atoms. The van der Waals surface area contributed by atoms with Gasteiger partial charge < -0.3 is 5.32 Å². The molecular weight excluding hydrogens is 412 g/mol. The van der Waals surface area contributed by atoms with E-state index in [4.69, 9.17) is 11.6 Å². The highest BCUT2D eigenvalue weighted by Gasteiger charge is 2.13. The number of nitro benzene ring substituents is 1. The first-order valence-electron chi connectivity index (χ1n) is 8.61. The minimum Gasteiger partial charge on any atom is -0.325 e. The Balaban J connectivity index is 1.68. The van der Waals surface area contributed by atoms with E-state index in [1.807, 2.05) is 25.1 Å². The summed E-state index contributed by atoms with van der Waals surface area (Å²) in [7, 11) is 0. The molecule has 0 radical (unpaired) electrons. The highest BCUT2D eigenvalue weighted by Crippen LogP contribution is 2.25. The number of nitrogens with zero attached hydrogens (tertiary/aromatic N) is 3. The molecule has 7 nitrogen and oxygen atoms in total. The Morgan fingerprint density at radius 2 is 1.86 bits per heavy atom. The number of carbonyl (C=O) groups is 1. The molecule has 0 aliphatic heterocycles. The lowest BCUT2D eigenvalue weighted by atomic mass is 10.1. The first-order chi connectivity index (χ1) is 13.8. The van der Waals surface area contributed by atoms with Crippen LogP contribution >= 0.6 is 23.4 Å². The lowest BCUT2D eigenvalue weighted by Gasteiger charge is -2.08. The molecule has 0 bridgehead atoms. The quantitative estimate of drug-likeness (QED) is 0.255. The van der Waals surface area contributed by atoms with Crippen LogP contribution < -0.4 is 5.32 Å². The van der Waals surface area contributed by atoms with Crippen molar-refractivity contribution >= 4 is 40.6 Å². The second-order valence-corrected chi connectivity index (χ2v) is 7.66. The van der Waals surface area contributed by atoms with Crippen molar-refractivity contribution in [3.05, 3.63) is 74.9 Å². The summed E-state index contributed by atoms with van der Waals surface area (Å²) < 4.78 is 0. The summed E-state index contributed by atoms with van der Waals surface area (Å²) in [5.41, 5.74) is 3.29. The van der Waals surface area contributed by atoms with Gasteiger partial charge in [0.05, 0.1) is 16.4 Å². The molecule has 0 fully saturated rings. The Labute approximate surface area is 176 Å². The van der Waals surface area contributed by atoms with Crippen LogP contribution in [-0.2, 0) is 4.79 Å². The van der Waals surface area contributed by atoms with Crippen molar-refractivity contribution in [2.45, 2.75) is 19.0 Å². The average molecular weight is 429 g/mol. The fourth-order valence-electron chi connectivity index (χ4n) is 2.59. The third kappa shape index (κ3) is 5.52. The van der Waals surface area contributed by atoms with Crippen molar-refractivity contribution in [2.75, 3.05) is 11.1 Å². The summed E-state index contributed by atoms with van der Waals surface area (Å²) in [6.07, 6.45) is 0. The number of aromatic nitrogens is 2. The number of thioether (sulfide) groups is 1. The summed E-state index contributed by atoms with van der Waals surface area (Å²) >= 11 is 7.12. The van der Waals surface area contributed by atoms with Gasteiger partial charge in [0.15, 0.2) is 5.16 Å². The molecule has 1 aromatic heterocycles. The third-order valence-electron chi connectivity index (χ3n) is 4.00. The summed E-state index contributed by atoms with van der Waals surface area (Å²) in [4.78, 5) is 31.7.